The first-order chi connectivity index (χ1) is 18.7. The molecule has 6 aromatic rings. The minimum absolute atomic E-state index is 0.214. The fourth-order valence-electron chi connectivity index (χ4n) is 4.58. The number of anilines is 1. The molecule has 5 aromatic heterocycles. The van der Waals surface area contributed by atoms with E-state index in [9.17, 15) is 0 Å². The van der Waals surface area contributed by atoms with Gasteiger partial charge in [-0.2, -0.15) is 0 Å². The lowest BCUT2D eigenvalue weighted by atomic mass is 10.0. The molecule has 38 heavy (non-hydrogen) atoms. The van der Waals surface area contributed by atoms with Crippen LogP contribution in [0.5, 0.6) is 0 Å². The van der Waals surface area contributed by atoms with Crippen LogP contribution >= 0.6 is 0 Å². The first-order valence-corrected chi connectivity index (χ1v) is 12.4. The average molecular weight is 496 g/mol. The summed E-state index contributed by atoms with van der Waals surface area (Å²) >= 11 is 0. The lowest BCUT2D eigenvalue weighted by molar-refractivity contribution is 0.950. The van der Waals surface area contributed by atoms with Gasteiger partial charge in [0.15, 0.2) is 0 Å². The van der Waals surface area contributed by atoms with Gasteiger partial charge < -0.3 is 10.7 Å². The van der Waals surface area contributed by atoms with E-state index in [-0.39, 0.29) is 5.71 Å². The van der Waals surface area contributed by atoms with Gasteiger partial charge in [-0.3, -0.25) is 20.4 Å². The monoisotopic (exact) mass is 495 g/mol. The molecule has 0 saturated carbocycles. The average Bonchev–Trinajstić information content (AvgIpc) is 3.42. The summed E-state index contributed by atoms with van der Waals surface area (Å²) in [5.74, 6) is 0. The van der Waals surface area contributed by atoms with E-state index in [1.807, 2.05) is 42.6 Å². The number of aromatic nitrogens is 5. The second-order valence-electron chi connectivity index (χ2n) is 9.12. The Labute approximate surface area is 220 Å². The number of nitrogen functional groups attached to an aromatic ring is 1. The molecule has 7 nitrogen and oxygen atoms in total. The lowest BCUT2D eigenvalue weighted by Gasteiger charge is -2.09. The number of hydrogen-bond donors (Lipinski definition) is 3. The molecule has 0 saturated heterocycles. The number of pyridine rings is 4. The molecule has 1 aromatic carbocycles. The standard InChI is InChI=1S/C31H25N7/c32-25-10-11-26(23-15-21(17-35-19-23)9-8-20-5-2-1-3-6-20)38-31(25)29(33)28-16-24-27(37-28)12-14-36-30(24)22-7-4-13-34-18-22/h1-7,10-19,33,37H,8-9,32H2. The number of hydrogen-bond acceptors (Lipinski definition) is 6. The highest BCUT2D eigenvalue weighted by Crippen LogP contribution is 2.28. The Morgan fingerprint density at radius 3 is 2.47 bits per heavy atom. The Morgan fingerprint density at radius 2 is 1.63 bits per heavy atom. The molecular formula is C31H25N7. The summed E-state index contributed by atoms with van der Waals surface area (Å²) in [6.07, 6.45) is 10.8. The molecule has 0 atom stereocenters. The molecule has 5 heterocycles. The van der Waals surface area contributed by atoms with E-state index in [2.05, 4.69) is 50.3 Å². The predicted octanol–water partition coefficient (Wildman–Crippen LogP) is 5.87. The molecule has 4 N–H and O–H groups in total. The smallest absolute Gasteiger partial charge is 0.114 e. The molecule has 0 aliphatic heterocycles. The number of aromatic amines is 1. The first kappa shape index (κ1) is 23.2. The van der Waals surface area contributed by atoms with Gasteiger partial charge in [0.1, 0.15) is 11.4 Å². The van der Waals surface area contributed by atoms with Crippen molar-refractivity contribution >= 4 is 22.3 Å². The SMILES string of the molecule is N=C(c1cc2c(-c3cccnc3)nccc2[nH]1)c1nc(-c2cncc(CCc3ccccc3)c2)ccc1N. The first-order valence-electron chi connectivity index (χ1n) is 12.4. The van der Waals surface area contributed by atoms with Crippen molar-refractivity contribution in [1.82, 2.24) is 24.9 Å². The highest BCUT2D eigenvalue weighted by atomic mass is 14.8. The summed E-state index contributed by atoms with van der Waals surface area (Å²) < 4.78 is 0. The molecule has 0 fully saturated rings. The van der Waals surface area contributed by atoms with Gasteiger partial charge >= 0.3 is 0 Å². The molecule has 0 radical (unpaired) electrons. The van der Waals surface area contributed by atoms with Gasteiger partial charge in [-0.15, -0.1) is 0 Å². The molecule has 0 spiro atoms. The molecule has 6 rings (SSSR count). The Hall–Kier alpha value is -5.17. The van der Waals surface area contributed by atoms with Crippen LogP contribution in [0.1, 0.15) is 22.5 Å². The number of H-pyrrole nitrogens is 1. The number of nitrogens with two attached hydrogens (primary N) is 1. The molecule has 0 aliphatic carbocycles. The summed E-state index contributed by atoms with van der Waals surface area (Å²) in [5, 5.41) is 9.87. The van der Waals surface area contributed by atoms with Gasteiger partial charge in [-0.25, -0.2) is 4.98 Å². The third-order valence-electron chi connectivity index (χ3n) is 6.55. The summed E-state index contributed by atoms with van der Waals surface area (Å²) in [6, 6.07) is 23.9. The number of nitrogens with zero attached hydrogens (tertiary/aromatic N) is 4. The van der Waals surface area contributed by atoms with E-state index in [0.717, 1.165) is 51.8 Å². The third kappa shape index (κ3) is 4.65. The van der Waals surface area contributed by atoms with E-state index in [1.165, 1.54) is 5.56 Å². The second-order valence-corrected chi connectivity index (χ2v) is 9.12. The van der Waals surface area contributed by atoms with E-state index < -0.39 is 0 Å². The van der Waals surface area contributed by atoms with Crippen LogP contribution in [-0.4, -0.2) is 30.6 Å². The topological polar surface area (TPSA) is 117 Å². The van der Waals surface area contributed by atoms with Crippen molar-refractivity contribution in [3.05, 3.63) is 126 Å². The fraction of sp³-hybridized carbons (Fsp3) is 0.0645. The zero-order valence-corrected chi connectivity index (χ0v) is 20.6. The second kappa shape index (κ2) is 10.1. The molecule has 0 aliphatic rings. The van der Waals surface area contributed by atoms with E-state index >= 15 is 0 Å². The Morgan fingerprint density at radius 1 is 0.789 bits per heavy atom. The molecule has 184 valence electrons. The van der Waals surface area contributed by atoms with Crippen molar-refractivity contribution in [2.24, 2.45) is 0 Å². The molecule has 0 amide bonds. The van der Waals surface area contributed by atoms with Gasteiger partial charge in [0.05, 0.1) is 22.8 Å². The maximum Gasteiger partial charge on any atom is 0.114 e. The Balaban J connectivity index is 1.30. The predicted molar refractivity (Wildman–Crippen MR) is 151 cm³/mol. The highest BCUT2D eigenvalue weighted by molar-refractivity contribution is 6.14. The zero-order chi connectivity index (χ0) is 25.9. The van der Waals surface area contributed by atoms with Crippen LogP contribution in [0.4, 0.5) is 5.69 Å². The van der Waals surface area contributed by atoms with Crippen LogP contribution in [0.3, 0.4) is 0 Å². The van der Waals surface area contributed by atoms with Crippen LogP contribution in [0.15, 0.2) is 104 Å². The zero-order valence-electron chi connectivity index (χ0n) is 20.6. The number of benzene rings is 1. The van der Waals surface area contributed by atoms with Gasteiger partial charge in [-0.05, 0) is 66.4 Å². The molecule has 7 heteroatoms. The Kier molecular flexibility index (Phi) is 6.16. The van der Waals surface area contributed by atoms with Crippen molar-refractivity contribution in [2.45, 2.75) is 12.8 Å². The van der Waals surface area contributed by atoms with Crippen LogP contribution in [0, 0.1) is 5.41 Å². The van der Waals surface area contributed by atoms with E-state index in [4.69, 9.17) is 16.1 Å². The minimum atomic E-state index is 0.214. The van der Waals surface area contributed by atoms with Crippen molar-refractivity contribution < 1.29 is 0 Å². The third-order valence-corrected chi connectivity index (χ3v) is 6.55. The van der Waals surface area contributed by atoms with Crippen molar-refractivity contribution in [3.8, 4) is 22.5 Å². The fourth-order valence-corrected chi connectivity index (χ4v) is 4.58. The summed E-state index contributed by atoms with van der Waals surface area (Å²) in [6.45, 7) is 0. The summed E-state index contributed by atoms with van der Waals surface area (Å²) in [4.78, 5) is 21.4. The van der Waals surface area contributed by atoms with Crippen LogP contribution < -0.4 is 5.73 Å². The molecular weight excluding hydrogens is 470 g/mol. The Bertz CT molecular complexity index is 1740. The number of aryl methyl sites for hydroxylation is 2. The van der Waals surface area contributed by atoms with E-state index in [1.54, 1.807) is 30.9 Å². The lowest BCUT2D eigenvalue weighted by Crippen LogP contribution is -2.09. The summed E-state index contributed by atoms with van der Waals surface area (Å²) in [5.41, 5.74) is 14.6. The van der Waals surface area contributed by atoms with Gasteiger partial charge in [0.2, 0.25) is 0 Å². The van der Waals surface area contributed by atoms with Crippen LogP contribution in [-0.2, 0) is 12.8 Å². The summed E-state index contributed by atoms with van der Waals surface area (Å²) in [7, 11) is 0. The van der Waals surface area contributed by atoms with Crippen molar-refractivity contribution in [3.63, 3.8) is 0 Å². The van der Waals surface area contributed by atoms with Gasteiger partial charge in [-0.1, -0.05) is 30.3 Å². The van der Waals surface area contributed by atoms with Gasteiger partial charge in [0, 0.05) is 53.0 Å². The van der Waals surface area contributed by atoms with Gasteiger partial charge in [0.25, 0.3) is 0 Å². The maximum absolute atomic E-state index is 8.96. The molecule has 0 unspecified atom stereocenters. The number of fused-ring (bicyclic) bond motifs is 1. The van der Waals surface area contributed by atoms with Crippen LogP contribution in [0.2, 0.25) is 0 Å². The molecule has 0 bridgehead atoms. The largest absolute Gasteiger partial charge is 0.397 e. The van der Waals surface area contributed by atoms with Crippen molar-refractivity contribution in [2.75, 3.05) is 5.73 Å². The van der Waals surface area contributed by atoms with Crippen molar-refractivity contribution in [1.29, 1.82) is 5.41 Å². The maximum atomic E-state index is 8.96. The number of nitrogens with one attached hydrogen (secondary N) is 2. The van der Waals surface area contributed by atoms with Crippen LogP contribution in [0.25, 0.3) is 33.4 Å². The highest BCUT2D eigenvalue weighted by Gasteiger charge is 2.17. The minimum Gasteiger partial charge on any atom is -0.397 e. The normalized spacial score (nSPS) is 11.1. The quantitative estimate of drug-likeness (QED) is 0.240. The van der Waals surface area contributed by atoms with E-state index in [0.29, 0.717) is 17.1 Å². The number of rotatable bonds is 7.